The van der Waals surface area contributed by atoms with Gasteiger partial charge in [0.2, 0.25) is 35.4 Å². The third-order valence-electron chi connectivity index (χ3n) is 13.8. The van der Waals surface area contributed by atoms with Crippen molar-refractivity contribution in [1.82, 2.24) is 37.2 Å². The highest BCUT2D eigenvalue weighted by Gasteiger charge is 2.47. The number of aliphatic hydroxyl groups excluding tert-OH is 8. The molecule has 3 rings (SSSR count). The van der Waals surface area contributed by atoms with Gasteiger partial charge in [0.1, 0.15) is 66.1 Å². The van der Waals surface area contributed by atoms with Crippen LogP contribution in [-0.4, -0.2) is 283 Å². The molecule has 33 heteroatoms. The minimum atomic E-state index is -2.08. The van der Waals surface area contributed by atoms with E-state index in [1.807, 2.05) is 20.8 Å². The van der Waals surface area contributed by atoms with Gasteiger partial charge in [-0.05, 0) is 71.2 Å². The lowest BCUT2D eigenvalue weighted by atomic mass is 9.82. The van der Waals surface area contributed by atoms with Crippen molar-refractivity contribution in [3.63, 3.8) is 0 Å². The molecule has 0 aliphatic carbocycles. The molecule has 7 amide bonds. The lowest BCUT2D eigenvalue weighted by Crippen LogP contribution is -2.64. The van der Waals surface area contributed by atoms with Crippen LogP contribution in [0.5, 0.6) is 5.75 Å². The lowest BCUT2D eigenvalue weighted by molar-refractivity contribution is -0.272. The normalized spacial score (nSPS) is 23.5. The van der Waals surface area contributed by atoms with Gasteiger partial charge in [-0.25, -0.2) is 0 Å². The Kier molecular flexibility index (Phi) is 36.1. The summed E-state index contributed by atoms with van der Waals surface area (Å²) in [5.41, 5.74) is -1.75. The number of aliphatic hydroxyl groups is 9. The summed E-state index contributed by atoms with van der Waals surface area (Å²) < 4.78 is 56.4. The van der Waals surface area contributed by atoms with E-state index in [1.165, 1.54) is 20.8 Å². The quantitative estimate of drug-likeness (QED) is 0.0214. The Hall–Kier alpha value is -5.41. The first kappa shape index (κ1) is 78.8. The molecule has 33 nitrogen and oxygen atoms in total. The third-order valence-corrected chi connectivity index (χ3v) is 13.8. The van der Waals surface area contributed by atoms with Crippen molar-refractivity contribution in [2.24, 2.45) is 0 Å². The van der Waals surface area contributed by atoms with Crippen LogP contribution in [0.2, 0.25) is 0 Å². The molecule has 2 fully saturated rings. The summed E-state index contributed by atoms with van der Waals surface area (Å²) in [5.74, 6) is -3.21. The molecule has 516 valence electrons. The maximum absolute atomic E-state index is 14.2. The Labute approximate surface area is 522 Å². The average Bonchev–Trinajstić information content (AvgIpc) is 1.64. The number of benzene rings is 1. The van der Waals surface area contributed by atoms with E-state index in [0.717, 1.165) is 6.92 Å². The molecule has 1 aromatic rings. The van der Waals surface area contributed by atoms with Gasteiger partial charge in [-0.1, -0.05) is 0 Å². The second kappa shape index (κ2) is 41.2. The van der Waals surface area contributed by atoms with E-state index in [1.54, 1.807) is 24.3 Å². The number of hydrogen-bond donors (Lipinski definition) is 16. The number of carbonyl (C=O) groups excluding carboxylic acids is 7. The van der Waals surface area contributed by atoms with Crippen LogP contribution in [0.3, 0.4) is 0 Å². The Morgan fingerprint density at radius 2 is 1.00 bits per heavy atom. The van der Waals surface area contributed by atoms with Gasteiger partial charge in [0.15, 0.2) is 25.2 Å². The summed E-state index contributed by atoms with van der Waals surface area (Å²) in [6.07, 6.45) is -16.1. The van der Waals surface area contributed by atoms with Crippen molar-refractivity contribution >= 4 is 41.4 Å². The number of hydrogen-bond acceptors (Lipinski definition) is 26. The van der Waals surface area contributed by atoms with Gasteiger partial charge in [0.05, 0.1) is 85.4 Å². The van der Waals surface area contributed by atoms with E-state index >= 15 is 0 Å². The minimum absolute atomic E-state index is 0.00433. The highest BCUT2D eigenvalue weighted by Crippen LogP contribution is 2.29. The smallest absolute Gasteiger partial charge is 0.251 e. The van der Waals surface area contributed by atoms with Crippen LogP contribution in [0.1, 0.15) is 97.3 Å². The van der Waals surface area contributed by atoms with Gasteiger partial charge in [0.25, 0.3) is 5.91 Å². The molecular weight excluding hydrogens is 1200 g/mol. The maximum atomic E-state index is 14.2. The van der Waals surface area contributed by atoms with E-state index in [0.29, 0.717) is 5.75 Å². The van der Waals surface area contributed by atoms with Crippen LogP contribution in [-0.2, 0) is 71.4 Å². The topological polar surface area (TPSA) is 478 Å². The molecule has 2 heterocycles. The minimum Gasteiger partial charge on any atom is -0.488 e. The van der Waals surface area contributed by atoms with E-state index in [2.05, 4.69) is 37.2 Å². The molecule has 1 aromatic carbocycles. The highest BCUT2D eigenvalue weighted by molar-refractivity contribution is 5.95. The molecule has 2 aliphatic rings. The van der Waals surface area contributed by atoms with Crippen LogP contribution in [0.25, 0.3) is 0 Å². The predicted octanol–water partition coefficient (Wildman–Crippen LogP) is -5.45. The van der Waals surface area contributed by atoms with Gasteiger partial charge >= 0.3 is 0 Å². The predicted molar refractivity (Wildman–Crippen MR) is 312 cm³/mol. The molecule has 0 bridgehead atoms. The van der Waals surface area contributed by atoms with Gasteiger partial charge < -0.3 is 131 Å². The van der Waals surface area contributed by atoms with Crippen LogP contribution in [0.4, 0.5) is 0 Å². The first-order valence-electron chi connectivity index (χ1n) is 29.8. The molecule has 13 atom stereocenters. The largest absolute Gasteiger partial charge is 0.488 e. The second-order valence-corrected chi connectivity index (χ2v) is 22.5. The number of ether oxygens (including phenoxy) is 10. The van der Waals surface area contributed by atoms with Crippen molar-refractivity contribution in [3.8, 4) is 5.75 Å². The first-order chi connectivity index (χ1) is 42.6. The average molecular weight is 1300 g/mol. The molecule has 0 aromatic heterocycles. The molecule has 0 saturated carbocycles. The zero-order chi connectivity index (χ0) is 67.0. The Morgan fingerprint density at radius 1 is 0.578 bits per heavy atom. The highest BCUT2D eigenvalue weighted by atomic mass is 16.7. The fourth-order valence-electron chi connectivity index (χ4n) is 9.23. The zero-order valence-electron chi connectivity index (χ0n) is 52.2. The van der Waals surface area contributed by atoms with Crippen molar-refractivity contribution in [1.29, 1.82) is 0 Å². The monoisotopic (exact) mass is 1300 g/mol. The Bertz CT molecular complexity index is 2220. The molecule has 90 heavy (non-hydrogen) atoms. The van der Waals surface area contributed by atoms with Crippen LogP contribution >= 0.6 is 0 Å². The fourth-order valence-corrected chi connectivity index (χ4v) is 9.23. The number of rotatable bonds is 43. The SMILES string of the molecule is CC(=O)NC(C(O)O)C(OCCOCCNC(=O)CCC(CCC(=O)NCCOCCOC1OC(CO)C(O)C(O)C1NC(C)=O)(CCC(=O)NCCOCCOC1OC(CO)C(O)C(O)C1NC(C)=O)NC(=O)c1ccc(OC(C)(C)C)cc1)OC(C)CO. The van der Waals surface area contributed by atoms with Crippen LogP contribution in [0, 0.1) is 0 Å². The van der Waals surface area contributed by atoms with Crippen LogP contribution < -0.4 is 42.0 Å². The summed E-state index contributed by atoms with van der Waals surface area (Å²) >= 11 is 0. The van der Waals surface area contributed by atoms with Crippen molar-refractivity contribution in [3.05, 3.63) is 29.8 Å². The van der Waals surface area contributed by atoms with Gasteiger partial charge in [-0.15, -0.1) is 0 Å². The molecule has 2 aliphatic heterocycles. The van der Waals surface area contributed by atoms with Gasteiger partial charge in [0, 0.05) is 70.8 Å². The van der Waals surface area contributed by atoms with E-state index < -0.39 is 158 Å². The molecule has 2 saturated heterocycles. The third kappa shape index (κ3) is 29.5. The molecule has 0 radical (unpaired) electrons. The molecule has 13 unspecified atom stereocenters. The zero-order valence-corrected chi connectivity index (χ0v) is 52.2. The summed E-state index contributed by atoms with van der Waals surface area (Å²) in [4.78, 5) is 90.3. The van der Waals surface area contributed by atoms with Crippen molar-refractivity contribution in [2.75, 3.05) is 98.9 Å². The first-order valence-corrected chi connectivity index (χ1v) is 29.8. The number of amides is 7. The summed E-state index contributed by atoms with van der Waals surface area (Å²) in [6.45, 7) is 8.30. The number of carbonyl (C=O) groups is 7. The molecule has 16 N–H and O–H groups in total. The Morgan fingerprint density at radius 3 is 1.37 bits per heavy atom. The van der Waals surface area contributed by atoms with Crippen LogP contribution in [0.15, 0.2) is 24.3 Å². The van der Waals surface area contributed by atoms with E-state index in [4.69, 9.17) is 47.4 Å². The fraction of sp³-hybridized carbons (Fsp3) is 0.772. The van der Waals surface area contributed by atoms with Crippen molar-refractivity contribution < 1.29 is 127 Å². The van der Waals surface area contributed by atoms with Gasteiger partial charge in [-0.2, -0.15) is 0 Å². The Balaban J connectivity index is 1.73. The summed E-state index contributed by atoms with van der Waals surface area (Å²) in [5, 5.41) is 109. The number of nitrogens with one attached hydrogen (secondary N) is 7. The lowest BCUT2D eigenvalue weighted by Gasteiger charge is -2.42. The van der Waals surface area contributed by atoms with E-state index in [9.17, 15) is 79.5 Å². The molecular formula is C57H97N7O26. The van der Waals surface area contributed by atoms with Crippen molar-refractivity contribution in [2.45, 2.75) is 184 Å². The standard InChI is InChI=1S/C57H97N7O26/c1-33(30-65)87-55(46(52(79)80)63-36(4)70)86-29-26-83-23-20-60-43(73)14-17-57(64-51(78)37-8-10-38(11-9-37)90-56(5,6)7,15-12-41(71)58-18-21-81-24-27-84-53-44(61-34(2)68)49(76)47(74)39(31-66)88-53)16-13-42(72)59-19-22-82-25-28-85-54-45(62-35(3)69)50(77)48(75)40(32-67)89-54/h8-11,33,39-40,44-50,52-55,65-67,74-77,79-80H,12-32H2,1-7H3,(H,58,71)(H,59,72)(H,60,73)(H,61,68)(H,62,69)(H,63,70)(H,64,78). The summed E-state index contributed by atoms with van der Waals surface area (Å²) in [6, 6.07) is 2.58. The molecule has 0 spiro atoms. The second-order valence-electron chi connectivity index (χ2n) is 22.5. The summed E-state index contributed by atoms with van der Waals surface area (Å²) in [7, 11) is 0. The maximum Gasteiger partial charge on any atom is 0.251 e. The van der Waals surface area contributed by atoms with E-state index in [-0.39, 0.29) is 123 Å². The van der Waals surface area contributed by atoms with Gasteiger partial charge in [-0.3, -0.25) is 33.6 Å².